The van der Waals surface area contributed by atoms with E-state index >= 15 is 0 Å². The van der Waals surface area contributed by atoms with Crippen LogP contribution in [-0.2, 0) is 0 Å². The van der Waals surface area contributed by atoms with E-state index in [2.05, 4.69) is 167 Å². The molecule has 0 N–H and O–H groups in total. The third kappa shape index (κ3) is 3.56. The minimum atomic E-state index is -0.730. The van der Waals surface area contributed by atoms with Gasteiger partial charge < -0.3 is 0 Å². The van der Waals surface area contributed by atoms with Crippen molar-refractivity contribution in [1.82, 2.24) is 0 Å². The van der Waals surface area contributed by atoms with E-state index in [0.29, 0.717) is 0 Å². The molecule has 0 saturated heterocycles. The molecule has 3 heterocycles. The lowest BCUT2D eigenvalue weighted by atomic mass is 9.87. The zero-order valence-corrected chi connectivity index (χ0v) is 24.8. The number of para-hydroxylation sites is 3. The second kappa shape index (κ2) is 9.62. The van der Waals surface area contributed by atoms with Crippen molar-refractivity contribution in [2.75, 3.05) is 14.7 Å². The summed E-state index contributed by atoms with van der Waals surface area (Å²) in [5.74, 6) is -0.730. The quantitative estimate of drug-likeness (QED) is 0.312. The molecular weight excluding hydrogens is 534 g/mol. The fourth-order valence-corrected chi connectivity index (χ4v) is 7.81. The van der Waals surface area contributed by atoms with E-state index in [1.54, 1.807) is 0 Å². The van der Waals surface area contributed by atoms with Crippen LogP contribution in [0.2, 0.25) is 0 Å². The van der Waals surface area contributed by atoms with Gasteiger partial charge in [0, 0.05) is 17.1 Å². The maximum atomic E-state index is 2.62. The molecule has 0 spiro atoms. The Morgan fingerprint density at radius 1 is 0.455 bits per heavy atom. The van der Waals surface area contributed by atoms with Gasteiger partial charge in [0.1, 0.15) is 0 Å². The first kappa shape index (κ1) is 25.2. The first-order valence-electron chi connectivity index (χ1n) is 15.6. The lowest BCUT2D eigenvalue weighted by Gasteiger charge is -2.60. The van der Waals surface area contributed by atoms with Crippen molar-refractivity contribution in [2.24, 2.45) is 0 Å². The summed E-state index contributed by atoms with van der Waals surface area (Å²) in [5, 5.41) is 0. The summed E-state index contributed by atoms with van der Waals surface area (Å²) in [6, 6.07) is 26.7. The summed E-state index contributed by atoms with van der Waals surface area (Å²) < 4.78 is 0. The van der Waals surface area contributed by atoms with Gasteiger partial charge in [-0.05, 0) is 114 Å². The molecule has 3 aliphatic carbocycles. The molecule has 0 fully saturated rings. The summed E-state index contributed by atoms with van der Waals surface area (Å²) in [6.07, 6.45) is 30.3. The number of nitrogens with zero attached hydrogens (tertiary/aromatic N) is 3. The van der Waals surface area contributed by atoms with Crippen LogP contribution in [0.4, 0.5) is 17.1 Å². The molecule has 6 aliphatic rings. The standard InChI is InChI=1S/C41H33N3/c1-41(42-35-20-8-2-14-29(35)26-30-15-3-9-21-36(30)42,43-37-22-10-4-16-31(37)27-32-17-5-11-23-38(32)43)44-39-24-12-6-18-33(39)28-34-19-7-13-25-40(34)44/h2-14,16,18,20-28H,15,17,19H2,1H3. The normalized spacial score (nSPS) is 19.2. The zero-order valence-electron chi connectivity index (χ0n) is 24.8. The van der Waals surface area contributed by atoms with Crippen LogP contribution in [0.15, 0.2) is 161 Å². The summed E-state index contributed by atoms with van der Waals surface area (Å²) in [4.78, 5) is 7.87. The van der Waals surface area contributed by atoms with E-state index in [4.69, 9.17) is 0 Å². The smallest absolute Gasteiger partial charge is 0.202 e. The van der Waals surface area contributed by atoms with Crippen LogP contribution >= 0.6 is 0 Å². The molecule has 44 heavy (non-hydrogen) atoms. The van der Waals surface area contributed by atoms with Crippen LogP contribution in [0.1, 0.15) is 42.9 Å². The molecule has 0 unspecified atom stereocenters. The minimum absolute atomic E-state index is 0.730. The maximum absolute atomic E-state index is 2.62. The van der Waals surface area contributed by atoms with E-state index < -0.39 is 5.79 Å². The molecule has 3 aliphatic heterocycles. The van der Waals surface area contributed by atoms with Crippen molar-refractivity contribution in [3.8, 4) is 0 Å². The maximum Gasteiger partial charge on any atom is 0.202 e. The molecule has 212 valence electrons. The van der Waals surface area contributed by atoms with Crippen molar-refractivity contribution in [2.45, 2.75) is 32.0 Å². The number of anilines is 3. The van der Waals surface area contributed by atoms with Gasteiger partial charge in [-0.3, -0.25) is 14.7 Å². The van der Waals surface area contributed by atoms with Gasteiger partial charge in [-0.2, -0.15) is 0 Å². The van der Waals surface area contributed by atoms with E-state index in [1.165, 1.54) is 67.6 Å². The molecular formula is C41H33N3. The van der Waals surface area contributed by atoms with Gasteiger partial charge in [0.05, 0.1) is 17.1 Å². The number of allylic oxidation sites excluding steroid dienone is 12. The van der Waals surface area contributed by atoms with E-state index in [1.807, 2.05) is 0 Å². The summed E-state index contributed by atoms with van der Waals surface area (Å²) in [6.45, 7) is 2.43. The second-order valence-electron chi connectivity index (χ2n) is 12.2. The molecule has 0 saturated carbocycles. The fourth-order valence-electron chi connectivity index (χ4n) is 7.81. The van der Waals surface area contributed by atoms with E-state index in [-0.39, 0.29) is 0 Å². The Labute approximate surface area is 259 Å². The van der Waals surface area contributed by atoms with Crippen molar-refractivity contribution in [3.63, 3.8) is 0 Å². The van der Waals surface area contributed by atoms with Gasteiger partial charge in [0.15, 0.2) is 0 Å². The molecule has 0 aromatic heterocycles. The van der Waals surface area contributed by atoms with Gasteiger partial charge in [-0.15, -0.1) is 0 Å². The third-order valence-electron chi connectivity index (χ3n) is 9.69. The molecule has 3 aromatic carbocycles. The highest BCUT2D eigenvalue weighted by Gasteiger charge is 2.52. The number of fused-ring (bicyclic) bond motifs is 6. The summed E-state index contributed by atoms with van der Waals surface area (Å²) in [5.41, 5.74) is 15.1. The highest BCUT2D eigenvalue weighted by Crippen LogP contribution is 2.54. The summed E-state index contributed by atoms with van der Waals surface area (Å²) in [7, 11) is 0. The van der Waals surface area contributed by atoms with Crippen LogP contribution in [0.3, 0.4) is 0 Å². The van der Waals surface area contributed by atoms with Crippen LogP contribution in [0, 0.1) is 0 Å². The first-order valence-corrected chi connectivity index (χ1v) is 15.6. The van der Waals surface area contributed by atoms with Crippen molar-refractivity contribution >= 4 is 35.3 Å². The highest BCUT2D eigenvalue weighted by atomic mass is 15.6. The van der Waals surface area contributed by atoms with E-state index in [0.717, 1.165) is 19.3 Å². The Morgan fingerprint density at radius 2 is 0.773 bits per heavy atom. The lowest BCUT2D eigenvalue weighted by Crippen LogP contribution is -2.70. The Balaban J connectivity index is 1.42. The van der Waals surface area contributed by atoms with Gasteiger partial charge in [0.2, 0.25) is 5.79 Å². The molecule has 9 rings (SSSR count). The monoisotopic (exact) mass is 567 g/mol. The predicted molar refractivity (Wildman–Crippen MR) is 185 cm³/mol. The van der Waals surface area contributed by atoms with E-state index in [9.17, 15) is 0 Å². The molecule has 3 aromatic rings. The van der Waals surface area contributed by atoms with Gasteiger partial charge in [-0.25, -0.2) is 0 Å². The fraction of sp³-hybridized carbons (Fsp3) is 0.122. The Hall–Kier alpha value is -5.28. The average Bonchev–Trinajstić information content (AvgIpc) is 3.08. The second-order valence-corrected chi connectivity index (χ2v) is 12.2. The number of benzene rings is 3. The zero-order chi connectivity index (χ0) is 29.3. The lowest BCUT2D eigenvalue weighted by molar-refractivity contribution is 0.434. The molecule has 0 radical (unpaired) electrons. The minimum Gasteiger partial charge on any atom is -0.299 e. The molecule has 0 amide bonds. The predicted octanol–water partition coefficient (Wildman–Crippen LogP) is 9.90. The Bertz CT molecular complexity index is 1790. The SMILES string of the molecule is CC(N1C2=CC=CCC2=Cc2ccccc21)(N1C2=CC=CCC2=Cc2ccccc21)N1C2=CC=CCC2=Cc2ccccc21. The topological polar surface area (TPSA) is 9.72 Å². The van der Waals surface area contributed by atoms with Crippen LogP contribution in [-0.4, -0.2) is 5.79 Å². The molecule has 3 heteroatoms. The van der Waals surface area contributed by atoms with Crippen molar-refractivity contribution in [3.05, 3.63) is 178 Å². The van der Waals surface area contributed by atoms with Crippen LogP contribution in [0.25, 0.3) is 18.2 Å². The molecule has 0 bridgehead atoms. The van der Waals surface area contributed by atoms with Gasteiger partial charge in [0.25, 0.3) is 0 Å². The van der Waals surface area contributed by atoms with Crippen molar-refractivity contribution < 1.29 is 0 Å². The first-order chi connectivity index (χ1) is 21.7. The summed E-state index contributed by atoms with van der Waals surface area (Å²) >= 11 is 0. The highest BCUT2D eigenvalue weighted by molar-refractivity contribution is 5.90. The molecule has 3 nitrogen and oxygen atoms in total. The Kier molecular flexibility index (Phi) is 5.52. The number of hydrogen-bond donors (Lipinski definition) is 0. The van der Waals surface area contributed by atoms with Crippen molar-refractivity contribution in [1.29, 1.82) is 0 Å². The average molecular weight is 568 g/mol. The largest absolute Gasteiger partial charge is 0.299 e. The van der Waals surface area contributed by atoms with Crippen LogP contribution < -0.4 is 14.7 Å². The number of rotatable bonds is 3. The molecule has 0 atom stereocenters. The third-order valence-corrected chi connectivity index (χ3v) is 9.69. The Morgan fingerprint density at radius 3 is 1.11 bits per heavy atom. The number of hydrogen-bond acceptors (Lipinski definition) is 3. The van der Waals surface area contributed by atoms with Crippen LogP contribution in [0.5, 0.6) is 0 Å². The van der Waals surface area contributed by atoms with Gasteiger partial charge in [-0.1, -0.05) is 91.1 Å². The van der Waals surface area contributed by atoms with Gasteiger partial charge >= 0.3 is 0 Å².